The van der Waals surface area contributed by atoms with Gasteiger partial charge in [0.05, 0.1) is 12.7 Å². The van der Waals surface area contributed by atoms with E-state index in [0.717, 1.165) is 15.8 Å². The Hall–Kier alpha value is -3.14. The van der Waals surface area contributed by atoms with Crippen LogP contribution in [0, 0.1) is 0 Å². The lowest BCUT2D eigenvalue weighted by Crippen LogP contribution is -2.48. The average Bonchev–Trinajstić information content (AvgIpc) is 2.88. The molecule has 3 aromatic rings. The number of thiocarbonyl (C=S) groups is 1. The fourth-order valence-corrected chi connectivity index (χ4v) is 4.69. The largest absolute Gasteiger partial charge is 0.496 e. The highest BCUT2D eigenvalue weighted by atomic mass is 79.9. The zero-order chi connectivity index (χ0) is 25.7. The number of hydrogen-bond donors (Lipinski definition) is 2. The molecule has 0 aliphatic carbocycles. The first-order chi connectivity index (χ1) is 17.3. The Bertz CT molecular complexity index is 1280. The van der Waals surface area contributed by atoms with E-state index in [1.807, 2.05) is 35.2 Å². The first-order valence-corrected chi connectivity index (χ1v) is 12.8. The molecular formula is C26H24BrClN4O3S. The lowest BCUT2D eigenvalue weighted by Gasteiger charge is -2.36. The van der Waals surface area contributed by atoms with Crippen LogP contribution in [0.4, 0.5) is 11.4 Å². The van der Waals surface area contributed by atoms with E-state index >= 15 is 0 Å². The first-order valence-electron chi connectivity index (χ1n) is 11.2. The summed E-state index contributed by atoms with van der Waals surface area (Å²) in [4.78, 5) is 29.4. The molecule has 3 aromatic carbocycles. The number of rotatable bonds is 5. The van der Waals surface area contributed by atoms with Crippen molar-refractivity contribution in [3.63, 3.8) is 0 Å². The van der Waals surface area contributed by atoms with Crippen molar-refractivity contribution < 1.29 is 14.3 Å². The number of anilines is 2. The number of benzene rings is 3. The van der Waals surface area contributed by atoms with Gasteiger partial charge in [-0.25, -0.2) is 0 Å². The first kappa shape index (κ1) is 25.9. The molecule has 2 N–H and O–H groups in total. The summed E-state index contributed by atoms with van der Waals surface area (Å²) < 4.78 is 6.15. The number of hydrogen-bond acceptors (Lipinski definition) is 5. The summed E-state index contributed by atoms with van der Waals surface area (Å²) in [5.74, 6) is 0.140. The number of nitrogens with one attached hydrogen (secondary N) is 2. The summed E-state index contributed by atoms with van der Waals surface area (Å²) in [7, 11) is 1.54. The highest BCUT2D eigenvalue weighted by Gasteiger charge is 2.24. The summed E-state index contributed by atoms with van der Waals surface area (Å²) in [5, 5.41) is 6.44. The standard InChI is InChI=1S/C26H24BrClN4O3S/c1-35-23-10-5-19(28)16-22(23)25(34)32-13-11-31(12-14-32)21-8-6-20(7-9-21)29-26(36)30-24(33)17-3-2-4-18(27)15-17/h2-10,15-16H,11-14H2,1H3,(H2,29,30,33,36). The average molecular weight is 588 g/mol. The Kier molecular flexibility index (Phi) is 8.45. The molecule has 1 heterocycles. The van der Waals surface area contributed by atoms with Gasteiger partial charge in [0, 0.05) is 52.6 Å². The van der Waals surface area contributed by atoms with Gasteiger partial charge < -0.3 is 19.9 Å². The second-order valence-corrected chi connectivity index (χ2v) is 9.85. The molecule has 0 aromatic heterocycles. The zero-order valence-electron chi connectivity index (χ0n) is 19.5. The molecule has 0 bridgehead atoms. The quantitative estimate of drug-likeness (QED) is 0.400. The third-order valence-corrected chi connectivity index (χ3v) is 6.70. The van der Waals surface area contributed by atoms with Crippen LogP contribution < -0.4 is 20.3 Å². The van der Waals surface area contributed by atoms with E-state index in [0.29, 0.717) is 48.1 Å². The molecule has 10 heteroatoms. The van der Waals surface area contributed by atoms with Crippen molar-refractivity contribution in [3.05, 3.63) is 87.4 Å². The minimum atomic E-state index is -0.284. The maximum atomic E-state index is 13.0. The molecule has 1 aliphatic heterocycles. The topological polar surface area (TPSA) is 73.9 Å². The molecular weight excluding hydrogens is 564 g/mol. The van der Waals surface area contributed by atoms with Crippen LogP contribution in [0.25, 0.3) is 0 Å². The van der Waals surface area contributed by atoms with Gasteiger partial charge in [0.25, 0.3) is 11.8 Å². The molecule has 1 aliphatic rings. The van der Waals surface area contributed by atoms with Gasteiger partial charge in [0.15, 0.2) is 5.11 Å². The molecule has 1 fully saturated rings. The van der Waals surface area contributed by atoms with Crippen molar-refractivity contribution in [2.45, 2.75) is 0 Å². The molecule has 0 radical (unpaired) electrons. The van der Waals surface area contributed by atoms with Crippen molar-refractivity contribution in [2.24, 2.45) is 0 Å². The number of ether oxygens (including phenoxy) is 1. The normalized spacial score (nSPS) is 13.2. The van der Waals surface area contributed by atoms with Crippen molar-refractivity contribution in [1.82, 2.24) is 10.2 Å². The second-order valence-electron chi connectivity index (χ2n) is 8.09. The van der Waals surface area contributed by atoms with Crippen LogP contribution >= 0.6 is 39.7 Å². The number of amides is 2. The molecule has 2 amide bonds. The summed E-state index contributed by atoms with van der Waals surface area (Å²) in [5.41, 5.74) is 2.78. The van der Waals surface area contributed by atoms with Crippen LogP contribution in [0.1, 0.15) is 20.7 Å². The fraction of sp³-hybridized carbons (Fsp3) is 0.192. The monoisotopic (exact) mass is 586 g/mol. The SMILES string of the molecule is COc1ccc(Cl)cc1C(=O)N1CCN(c2ccc(NC(=S)NC(=O)c3cccc(Br)c3)cc2)CC1. The van der Waals surface area contributed by atoms with Gasteiger partial charge in [-0.2, -0.15) is 0 Å². The second kappa shape index (κ2) is 11.7. The molecule has 1 saturated heterocycles. The van der Waals surface area contributed by atoms with E-state index < -0.39 is 0 Å². The molecule has 0 unspecified atom stereocenters. The van der Waals surface area contributed by atoms with Crippen LogP contribution in [0.15, 0.2) is 71.2 Å². The smallest absolute Gasteiger partial charge is 0.257 e. The van der Waals surface area contributed by atoms with E-state index in [2.05, 4.69) is 31.5 Å². The van der Waals surface area contributed by atoms with Gasteiger partial charge in [-0.15, -0.1) is 0 Å². The molecule has 7 nitrogen and oxygen atoms in total. The molecule has 0 spiro atoms. The summed E-state index contributed by atoms with van der Waals surface area (Å²) >= 11 is 14.7. The van der Waals surface area contributed by atoms with Crippen molar-refractivity contribution in [1.29, 1.82) is 0 Å². The molecule has 0 saturated carbocycles. The summed E-state index contributed by atoms with van der Waals surface area (Å²) in [6, 6.07) is 19.9. The van der Waals surface area contributed by atoms with E-state index in [-0.39, 0.29) is 16.9 Å². The Balaban J connectivity index is 1.30. The van der Waals surface area contributed by atoms with Crippen molar-refractivity contribution in [2.75, 3.05) is 43.5 Å². The van der Waals surface area contributed by atoms with Crippen LogP contribution in [0.3, 0.4) is 0 Å². The van der Waals surface area contributed by atoms with Gasteiger partial charge in [-0.05, 0) is 72.9 Å². The highest BCUT2D eigenvalue weighted by Crippen LogP contribution is 2.26. The van der Waals surface area contributed by atoms with E-state index in [4.69, 9.17) is 28.6 Å². The molecule has 0 atom stereocenters. The number of piperazine rings is 1. The van der Waals surface area contributed by atoms with Crippen LogP contribution in [0.5, 0.6) is 5.75 Å². The summed E-state index contributed by atoms with van der Waals surface area (Å²) in [6.45, 7) is 2.56. The highest BCUT2D eigenvalue weighted by molar-refractivity contribution is 9.10. The number of carbonyl (C=O) groups excluding carboxylic acids is 2. The number of methoxy groups -OCH3 is 1. The third kappa shape index (κ3) is 6.34. The lowest BCUT2D eigenvalue weighted by molar-refractivity contribution is 0.0743. The number of carbonyl (C=O) groups is 2. The Labute approximate surface area is 228 Å². The Morgan fingerprint density at radius 1 is 1.00 bits per heavy atom. The van der Waals surface area contributed by atoms with Gasteiger partial charge in [-0.3, -0.25) is 14.9 Å². The van der Waals surface area contributed by atoms with Gasteiger partial charge in [0.2, 0.25) is 0 Å². The zero-order valence-corrected chi connectivity index (χ0v) is 22.6. The molecule has 4 rings (SSSR count). The maximum Gasteiger partial charge on any atom is 0.257 e. The molecule has 186 valence electrons. The van der Waals surface area contributed by atoms with Gasteiger partial charge >= 0.3 is 0 Å². The van der Waals surface area contributed by atoms with E-state index in [1.54, 1.807) is 43.5 Å². The van der Waals surface area contributed by atoms with Crippen molar-refractivity contribution >= 4 is 68.1 Å². The lowest BCUT2D eigenvalue weighted by atomic mass is 10.1. The number of halogens is 2. The minimum Gasteiger partial charge on any atom is -0.496 e. The predicted octanol–water partition coefficient (Wildman–Crippen LogP) is 5.20. The molecule has 36 heavy (non-hydrogen) atoms. The van der Waals surface area contributed by atoms with Crippen LogP contribution in [-0.4, -0.2) is 55.1 Å². The third-order valence-electron chi connectivity index (χ3n) is 5.76. The van der Waals surface area contributed by atoms with Crippen molar-refractivity contribution in [3.8, 4) is 5.75 Å². The van der Waals surface area contributed by atoms with E-state index in [1.165, 1.54) is 0 Å². The maximum absolute atomic E-state index is 13.0. The number of nitrogens with zero attached hydrogens (tertiary/aromatic N) is 2. The minimum absolute atomic E-state index is 0.0908. The van der Waals surface area contributed by atoms with Crippen LogP contribution in [-0.2, 0) is 0 Å². The Morgan fingerprint density at radius 3 is 2.39 bits per heavy atom. The summed E-state index contributed by atoms with van der Waals surface area (Å²) in [6.07, 6.45) is 0. The fourth-order valence-electron chi connectivity index (χ4n) is 3.91. The Morgan fingerprint density at radius 2 is 1.72 bits per heavy atom. The van der Waals surface area contributed by atoms with Gasteiger partial charge in [0.1, 0.15) is 5.75 Å². The van der Waals surface area contributed by atoms with Crippen LogP contribution in [0.2, 0.25) is 5.02 Å². The van der Waals surface area contributed by atoms with Gasteiger partial charge in [-0.1, -0.05) is 33.6 Å². The van der Waals surface area contributed by atoms with E-state index in [9.17, 15) is 9.59 Å². The predicted molar refractivity (Wildman–Crippen MR) is 150 cm³/mol.